The summed E-state index contributed by atoms with van der Waals surface area (Å²) in [5.41, 5.74) is 2.84. The zero-order valence-corrected chi connectivity index (χ0v) is 10.8. The van der Waals surface area contributed by atoms with Crippen LogP contribution in [0.25, 0.3) is 0 Å². The van der Waals surface area contributed by atoms with Crippen LogP contribution in [0.3, 0.4) is 0 Å². The molecule has 1 unspecified atom stereocenters. The van der Waals surface area contributed by atoms with Gasteiger partial charge in [0.2, 0.25) is 0 Å². The van der Waals surface area contributed by atoms with E-state index in [1.54, 1.807) is 0 Å². The Hall–Kier alpha value is -1.02. The first-order valence-electron chi connectivity index (χ1n) is 5.21. The number of carboxylic acid groups (broad SMARTS) is 1. The number of halogens is 1. The third kappa shape index (κ3) is 2.76. The van der Waals surface area contributed by atoms with Crippen LogP contribution < -0.4 is 0 Å². The van der Waals surface area contributed by atoms with Crippen molar-refractivity contribution in [2.45, 2.75) is 38.5 Å². The van der Waals surface area contributed by atoms with E-state index in [1.165, 1.54) is 5.56 Å². The van der Waals surface area contributed by atoms with E-state index in [-0.39, 0.29) is 5.41 Å². The van der Waals surface area contributed by atoms with Crippen LogP contribution in [0.1, 0.15) is 42.8 Å². The molecule has 0 radical (unpaired) electrons. The van der Waals surface area contributed by atoms with Crippen LogP contribution in [0.5, 0.6) is 0 Å². The Labute approximate surface area is 101 Å². The first-order chi connectivity index (χ1) is 7.23. The molecular weight excluding hydrogens is 224 g/mol. The van der Waals surface area contributed by atoms with Crippen LogP contribution >= 0.6 is 11.6 Å². The standard InChI is InChI=1S/C13H17ClO2/c1-8-7-9(13(2,3)4)5-6-10(8)11(14)12(15)16/h5-7,11H,1-4H3,(H,15,16). The van der Waals surface area contributed by atoms with E-state index in [1.807, 2.05) is 25.1 Å². The number of aryl methyl sites for hydroxylation is 1. The maximum atomic E-state index is 10.8. The molecule has 0 spiro atoms. The van der Waals surface area contributed by atoms with Gasteiger partial charge < -0.3 is 5.11 Å². The van der Waals surface area contributed by atoms with Crippen molar-refractivity contribution in [1.29, 1.82) is 0 Å². The highest BCUT2D eigenvalue weighted by Crippen LogP contribution is 2.29. The molecule has 16 heavy (non-hydrogen) atoms. The molecule has 3 heteroatoms. The molecule has 0 amide bonds. The molecule has 0 saturated carbocycles. The molecule has 0 saturated heterocycles. The van der Waals surface area contributed by atoms with Gasteiger partial charge in [-0.25, -0.2) is 0 Å². The first kappa shape index (κ1) is 13.0. The van der Waals surface area contributed by atoms with Gasteiger partial charge in [0.25, 0.3) is 0 Å². The van der Waals surface area contributed by atoms with Gasteiger partial charge in [-0.15, -0.1) is 11.6 Å². The Morgan fingerprint density at radius 1 is 1.38 bits per heavy atom. The van der Waals surface area contributed by atoms with Gasteiger partial charge in [-0.3, -0.25) is 4.79 Å². The topological polar surface area (TPSA) is 37.3 Å². The van der Waals surface area contributed by atoms with Crippen molar-refractivity contribution < 1.29 is 9.90 Å². The summed E-state index contributed by atoms with van der Waals surface area (Å²) in [6, 6.07) is 5.76. The molecule has 0 heterocycles. The van der Waals surface area contributed by atoms with E-state index in [2.05, 4.69) is 20.8 Å². The average molecular weight is 241 g/mol. The van der Waals surface area contributed by atoms with Crippen molar-refractivity contribution in [3.8, 4) is 0 Å². The van der Waals surface area contributed by atoms with Gasteiger partial charge in [-0.05, 0) is 29.0 Å². The number of hydrogen-bond donors (Lipinski definition) is 1. The molecule has 88 valence electrons. The fraction of sp³-hybridized carbons (Fsp3) is 0.462. The fourth-order valence-corrected chi connectivity index (χ4v) is 1.80. The molecule has 1 aromatic carbocycles. The van der Waals surface area contributed by atoms with E-state index in [0.29, 0.717) is 5.56 Å². The Morgan fingerprint density at radius 2 is 1.94 bits per heavy atom. The monoisotopic (exact) mass is 240 g/mol. The highest BCUT2D eigenvalue weighted by molar-refractivity contribution is 6.29. The van der Waals surface area contributed by atoms with Gasteiger partial charge in [0.15, 0.2) is 5.38 Å². The highest BCUT2D eigenvalue weighted by Gasteiger charge is 2.20. The number of rotatable bonds is 2. The minimum atomic E-state index is -1.01. The van der Waals surface area contributed by atoms with Gasteiger partial charge in [-0.1, -0.05) is 39.0 Å². The molecule has 0 bridgehead atoms. The van der Waals surface area contributed by atoms with Crippen LogP contribution in [0, 0.1) is 6.92 Å². The largest absolute Gasteiger partial charge is 0.480 e. The second kappa shape index (κ2) is 4.46. The van der Waals surface area contributed by atoms with E-state index in [9.17, 15) is 4.79 Å². The molecular formula is C13H17ClO2. The molecule has 0 aliphatic heterocycles. The van der Waals surface area contributed by atoms with Crippen LogP contribution in [-0.4, -0.2) is 11.1 Å². The van der Waals surface area contributed by atoms with Crippen LogP contribution in [0.15, 0.2) is 18.2 Å². The van der Waals surface area contributed by atoms with Crippen molar-refractivity contribution in [2.75, 3.05) is 0 Å². The summed E-state index contributed by atoms with van der Waals surface area (Å²) in [6.45, 7) is 8.26. The van der Waals surface area contributed by atoms with Gasteiger partial charge in [0, 0.05) is 0 Å². The van der Waals surface area contributed by atoms with E-state index in [4.69, 9.17) is 16.7 Å². The number of hydrogen-bond acceptors (Lipinski definition) is 1. The Kier molecular flexibility index (Phi) is 3.64. The number of benzene rings is 1. The van der Waals surface area contributed by atoms with Gasteiger partial charge >= 0.3 is 5.97 Å². The molecule has 1 rings (SSSR count). The molecule has 0 aliphatic rings. The van der Waals surface area contributed by atoms with Crippen LogP contribution in [0.4, 0.5) is 0 Å². The Morgan fingerprint density at radius 3 is 2.31 bits per heavy atom. The summed E-state index contributed by atoms with van der Waals surface area (Å²) in [5, 5.41) is 7.89. The molecule has 2 nitrogen and oxygen atoms in total. The van der Waals surface area contributed by atoms with Gasteiger partial charge in [0.05, 0.1) is 0 Å². The van der Waals surface area contributed by atoms with Gasteiger partial charge in [0.1, 0.15) is 0 Å². The lowest BCUT2D eigenvalue weighted by Gasteiger charge is -2.21. The zero-order valence-electron chi connectivity index (χ0n) is 10.0. The summed E-state index contributed by atoms with van der Waals surface area (Å²) >= 11 is 5.81. The predicted octanol–water partition coefficient (Wildman–Crippen LogP) is 3.66. The summed E-state index contributed by atoms with van der Waals surface area (Å²) < 4.78 is 0. The smallest absolute Gasteiger partial charge is 0.326 e. The normalized spacial score (nSPS) is 13.6. The van der Waals surface area contributed by atoms with Crippen molar-refractivity contribution >= 4 is 17.6 Å². The molecule has 0 fully saturated rings. The number of carboxylic acids is 1. The maximum Gasteiger partial charge on any atom is 0.326 e. The summed E-state index contributed by atoms with van der Waals surface area (Å²) in [6.07, 6.45) is 0. The minimum absolute atomic E-state index is 0.0638. The zero-order chi connectivity index (χ0) is 12.5. The van der Waals surface area contributed by atoms with E-state index in [0.717, 1.165) is 5.56 Å². The SMILES string of the molecule is Cc1cc(C(C)(C)C)ccc1C(Cl)C(=O)O. The second-order valence-electron chi connectivity index (χ2n) is 5.02. The molecule has 0 aliphatic carbocycles. The van der Waals surface area contributed by atoms with Crippen LogP contribution in [-0.2, 0) is 10.2 Å². The number of aliphatic carboxylic acids is 1. The van der Waals surface area contributed by atoms with Crippen molar-refractivity contribution in [1.82, 2.24) is 0 Å². The molecule has 1 atom stereocenters. The maximum absolute atomic E-state index is 10.8. The minimum Gasteiger partial charge on any atom is -0.480 e. The lowest BCUT2D eigenvalue weighted by atomic mass is 9.85. The second-order valence-corrected chi connectivity index (χ2v) is 5.46. The third-order valence-corrected chi connectivity index (χ3v) is 3.05. The summed E-state index contributed by atoms with van der Waals surface area (Å²) in [4.78, 5) is 10.8. The first-order valence-corrected chi connectivity index (χ1v) is 5.65. The molecule has 1 aromatic rings. The molecule has 0 aromatic heterocycles. The van der Waals surface area contributed by atoms with Crippen molar-refractivity contribution in [3.05, 3.63) is 34.9 Å². The number of alkyl halides is 1. The van der Waals surface area contributed by atoms with E-state index < -0.39 is 11.3 Å². The summed E-state index contributed by atoms with van der Waals surface area (Å²) in [5.74, 6) is -1.01. The number of carbonyl (C=O) groups is 1. The van der Waals surface area contributed by atoms with E-state index >= 15 is 0 Å². The third-order valence-electron chi connectivity index (χ3n) is 2.63. The lowest BCUT2D eigenvalue weighted by molar-refractivity contribution is -0.136. The molecule has 1 N–H and O–H groups in total. The highest BCUT2D eigenvalue weighted by atomic mass is 35.5. The Bertz CT molecular complexity index is 405. The van der Waals surface area contributed by atoms with Crippen LogP contribution in [0.2, 0.25) is 0 Å². The van der Waals surface area contributed by atoms with Gasteiger partial charge in [-0.2, -0.15) is 0 Å². The summed E-state index contributed by atoms with van der Waals surface area (Å²) in [7, 11) is 0. The van der Waals surface area contributed by atoms with Crippen molar-refractivity contribution in [2.24, 2.45) is 0 Å². The lowest BCUT2D eigenvalue weighted by Crippen LogP contribution is -2.13. The Balaban J connectivity index is 3.15. The quantitative estimate of drug-likeness (QED) is 0.801. The van der Waals surface area contributed by atoms with Crippen molar-refractivity contribution in [3.63, 3.8) is 0 Å². The average Bonchev–Trinajstić information content (AvgIpc) is 2.15. The fourth-order valence-electron chi connectivity index (χ4n) is 1.56. The predicted molar refractivity (Wildman–Crippen MR) is 66.1 cm³/mol.